The van der Waals surface area contributed by atoms with Crippen molar-refractivity contribution in [3.05, 3.63) is 60.3 Å². The SMILES string of the molecule is CC(C)(C)Sc1c(CC(=O)O)[nH]c2ccc(Sc3ccc4ccccc4n3)cc12. The van der Waals surface area contributed by atoms with Crippen LogP contribution in [-0.2, 0) is 11.2 Å². The zero-order chi connectivity index (χ0) is 20.6. The van der Waals surface area contributed by atoms with Gasteiger partial charge in [-0.05, 0) is 30.3 Å². The largest absolute Gasteiger partial charge is 0.481 e. The minimum Gasteiger partial charge on any atom is -0.481 e. The average molecular weight is 423 g/mol. The van der Waals surface area contributed by atoms with Gasteiger partial charge in [-0.1, -0.05) is 56.8 Å². The molecule has 0 aliphatic rings. The van der Waals surface area contributed by atoms with Crippen LogP contribution in [0, 0.1) is 0 Å². The van der Waals surface area contributed by atoms with E-state index in [9.17, 15) is 9.90 Å². The van der Waals surface area contributed by atoms with Gasteiger partial charge >= 0.3 is 5.97 Å². The van der Waals surface area contributed by atoms with E-state index in [-0.39, 0.29) is 11.2 Å². The molecule has 0 saturated carbocycles. The van der Waals surface area contributed by atoms with Crippen molar-refractivity contribution < 1.29 is 9.90 Å². The van der Waals surface area contributed by atoms with E-state index < -0.39 is 5.97 Å². The van der Waals surface area contributed by atoms with Crippen LogP contribution in [0.2, 0.25) is 0 Å². The Balaban J connectivity index is 1.73. The van der Waals surface area contributed by atoms with Crippen molar-refractivity contribution in [2.45, 2.75) is 46.8 Å². The van der Waals surface area contributed by atoms with Gasteiger partial charge in [-0.15, -0.1) is 11.8 Å². The molecule has 0 amide bonds. The van der Waals surface area contributed by atoms with Gasteiger partial charge in [0.1, 0.15) is 5.03 Å². The predicted octanol–water partition coefficient (Wildman–Crippen LogP) is 6.39. The summed E-state index contributed by atoms with van der Waals surface area (Å²) < 4.78 is -0.0224. The Bertz CT molecular complexity index is 1210. The van der Waals surface area contributed by atoms with Gasteiger partial charge in [-0.3, -0.25) is 4.79 Å². The molecule has 148 valence electrons. The average Bonchev–Trinajstić information content (AvgIpc) is 2.96. The molecule has 0 aliphatic heterocycles. The molecule has 29 heavy (non-hydrogen) atoms. The number of H-pyrrole nitrogens is 1. The molecule has 2 aromatic carbocycles. The van der Waals surface area contributed by atoms with Crippen LogP contribution in [0.5, 0.6) is 0 Å². The fourth-order valence-electron chi connectivity index (χ4n) is 3.19. The van der Waals surface area contributed by atoms with Gasteiger partial charge in [0.05, 0.1) is 11.9 Å². The van der Waals surface area contributed by atoms with Crippen molar-refractivity contribution >= 4 is 51.3 Å². The smallest absolute Gasteiger partial charge is 0.309 e. The van der Waals surface area contributed by atoms with E-state index in [1.165, 1.54) is 0 Å². The number of carboxylic acid groups (broad SMARTS) is 1. The Hall–Kier alpha value is -2.44. The molecule has 0 unspecified atom stereocenters. The summed E-state index contributed by atoms with van der Waals surface area (Å²) in [5.74, 6) is -0.831. The molecule has 4 rings (SSSR count). The number of hydrogen-bond acceptors (Lipinski definition) is 4. The summed E-state index contributed by atoms with van der Waals surface area (Å²) in [6.45, 7) is 6.41. The quantitative estimate of drug-likeness (QED) is 0.365. The first-order valence-electron chi connectivity index (χ1n) is 9.37. The second-order valence-electron chi connectivity index (χ2n) is 7.87. The Morgan fingerprint density at radius 2 is 1.90 bits per heavy atom. The highest BCUT2D eigenvalue weighted by Crippen LogP contribution is 2.41. The molecule has 0 fully saturated rings. The van der Waals surface area contributed by atoms with Crippen molar-refractivity contribution in [1.82, 2.24) is 9.97 Å². The van der Waals surface area contributed by atoms with E-state index in [1.807, 2.05) is 30.3 Å². The Morgan fingerprint density at radius 3 is 2.66 bits per heavy atom. The third-order valence-electron chi connectivity index (χ3n) is 4.33. The normalized spacial score (nSPS) is 12.0. The third kappa shape index (κ3) is 4.60. The Morgan fingerprint density at radius 1 is 1.10 bits per heavy atom. The van der Waals surface area contributed by atoms with Crippen LogP contribution in [0.3, 0.4) is 0 Å². The van der Waals surface area contributed by atoms with Crippen LogP contribution in [0.25, 0.3) is 21.8 Å². The number of nitrogens with zero attached hydrogens (tertiary/aromatic N) is 1. The van der Waals surface area contributed by atoms with Gasteiger partial charge in [0.2, 0.25) is 0 Å². The van der Waals surface area contributed by atoms with Gasteiger partial charge in [0.25, 0.3) is 0 Å². The molecule has 0 saturated heterocycles. The summed E-state index contributed by atoms with van der Waals surface area (Å²) in [5.41, 5.74) is 2.70. The first-order valence-corrected chi connectivity index (χ1v) is 11.0. The number of rotatable bonds is 5. The molecule has 2 heterocycles. The van der Waals surface area contributed by atoms with Gasteiger partial charge in [-0.25, -0.2) is 4.98 Å². The number of pyridine rings is 1. The van der Waals surface area contributed by atoms with E-state index in [2.05, 4.69) is 50.0 Å². The Labute approximate surface area is 178 Å². The zero-order valence-electron chi connectivity index (χ0n) is 16.5. The highest BCUT2D eigenvalue weighted by molar-refractivity contribution is 8.01. The van der Waals surface area contributed by atoms with Crippen LogP contribution in [0.1, 0.15) is 26.5 Å². The van der Waals surface area contributed by atoms with Gasteiger partial charge in [0.15, 0.2) is 0 Å². The van der Waals surface area contributed by atoms with Crippen LogP contribution < -0.4 is 0 Å². The van der Waals surface area contributed by atoms with E-state index in [0.717, 1.165) is 42.3 Å². The maximum atomic E-state index is 11.3. The van der Waals surface area contributed by atoms with Crippen LogP contribution in [-0.4, -0.2) is 25.8 Å². The molecule has 0 aliphatic carbocycles. The summed E-state index contributed by atoms with van der Waals surface area (Å²) in [6, 6.07) is 18.4. The molecule has 0 spiro atoms. The molecule has 0 radical (unpaired) electrons. The highest BCUT2D eigenvalue weighted by atomic mass is 32.2. The van der Waals surface area contributed by atoms with Crippen LogP contribution in [0.15, 0.2) is 69.4 Å². The maximum Gasteiger partial charge on any atom is 0.309 e. The third-order valence-corrected chi connectivity index (χ3v) is 6.54. The molecule has 2 N–H and O–H groups in total. The molecule has 0 bridgehead atoms. The number of thioether (sulfide) groups is 1. The van der Waals surface area contributed by atoms with Crippen molar-refractivity contribution in [2.75, 3.05) is 0 Å². The summed E-state index contributed by atoms with van der Waals surface area (Å²) in [4.78, 5) is 21.5. The second kappa shape index (κ2) is 7.76. The lowest BCUT2D eigenvalue weighted by Crippen LogP contribution is -2.08. The lowest BCUT2D eigenvalue weighted by molar-refractivity contribution is -0.136. The first kappa shape index (κ1) is 19.9. The molecule has 2 aromatic heterocycles. The van der Waals surface area contributed by atoms with E-state index in [4.69, 9.17) is 4.98 Å². The molecular weight excluding hydrogens is 400 g/mol. The van der Waals surface area contributed by atoms with Gasteiger partial charge in [0, 0.05) is 36.5 Å². The van der Waals surface area contributed by atoms with Crippen molar-refractivity contribution in [2.24, 2.45) is 0 Å². The Kier molecular flexibility index (Phi) is 5.32. The molecule has 0 atom stereocenters. The zero-order valence-corrected chi connectivity index (χ0v) is 18.2. The fraction of sp³-hybridized carbons (Fsp3) is 0.217. The minimum atomic E-state index is -0.831. The number of benzene rings is 2. The van der Waals surface area contributed by atoms with E-state index in [1.54, 1.807) is 23.5 Å². The highest BCUT2D eigenvalue weighted by Gasteiger charge is 2.21. The monoisotopic (exact) mass is 422 g/mol. The van der Waals surface area contributed by atoms with Gasteiger partial charge in [-0.2, -0.15) is 0 Å². The minimum absolute atomic E-state index is 0.0121. The number of hydrogen-bond donors (Lipinski definition) is 2. The number of carboxylic acids is 1. The van der Waals surface area contributed by atoms with Crippen molar-refractivity contribution in [3.8, 4) is 0 Å². The fourth-order valence-corrected chi connectivity index (χ4v) is 5.16. The summed E-state index contributed by atoms with van der Waals surface area (Å²) in [7, 11) is 0. The van der Waals surface area contributed by atoms with Crippen LogP contribution in [0.4, 0.5) is 0 Å². The lowest BCUT2D eigenvalue weighted by atomic mass is 10.2. The van der Waals surface area contributed by atoms with Crippen molar-refractivity contribution in [1.29, 1.82) is 0 Å². The van der Waals surface area contributed by atoms with Gasteiger partial charge < -0.3 is 10.1 Å². The molecule has 6 heteroatoms. The number of aromatic amines is 1. The lowest BCUT2D eigenvalue weighted by Gasteiger charge is -2.18. The predicted molar refractivity (Wildman–Crippen MR) is 121 cm³/mol. The molecular formula is C23H22N2O2S2. The molecule has 4 aromatic rings. The number of aliphatic carboxylic acids is 1. The standard InChI is InChI=1S/C23H22N2O2S2/c1-23(2,3)29-22-16-12-15(9-10-18(16)24-19(22)13-21(26)27)28-20-11-8-14-6-4-5-7-17(14)25-20/h4-12,24H,13H2,1-3H3,(H,26,27). The second-order valence-corrected chi connectivity index (χ2v) is 10.8. The topological polar surface area (TPSA) is 66.0 Å². The number of nitrogens with one attached hydrogen (secondary N) is 1. The number of fused-ring (bicyclic) bond motifs is 2. The number of para-hydroxylation sites is 1. The number of aromatic nitrogens is 2. The number of carbonyl (C=O) groups is 1. The van der Waals surface area contributed by atoms with E-state index >= 15 is 0 Å². The van der Waals surface area contributed by atoms with E-state index in [0.29, 0.717) is 0 Å². The summed E-state index contributed by atoms with van der Waals surface area (Å²) in [6.07, 6.45) is -0.0121. The summed E-state index contributed by atoms with van der Waals surface area (Å²) in [5, 5.41) is 12.4. The maximum absolute atomic E-state index is 11.3. The first-order chi connectivity index (χ1) is 13.8. The molecule has 4 nitrogen and oxygen atoms in total. The van der Waals surface area contributed by atoms with Crippen molar-refractivity contribution in [3.63, 3.8) is 0 Å². The van der Waals surface area contributed by atoms with Crippen LogP contribution >= 0.6 is 23.5 Å². The summed E-state index contributed by atoms with van der Waals surface area (Å²) >= 11 is 3.32.